The number of benzene rings is 2. The summed E-state index contributed by atoms with van der Waals surface area (Å²) in [5.74, 6) is 0.771. The van der Waals surface area contributed by atoms with Crippen molar-refractivity contribution >= 4 is 34.8 Å². The van der Waals surface area contributed by atoms with Crippen LogP contribution in [0.15, 0.2) is 53.1 Å². The van der Waals surface area contributed by atoms with E-state index in [1.165, 1.54) is 0 Å². The molecule has 0 unspecified atom stereocenters. The maximum atomic E-state index is 12.4. The predicted molar refractivity (Wildman–Crippen MR) is 119 cm³/mol. The molecule has 0 aliphatic rings. The maximum Gasteiger partial charge on any atom is 0.226 e. The largest absolute Gasteiger partial charge is 0.441 e. The molecule has 0 saturated carbocycles. The zero-order valence-corrected chi connectivity index (χ0v) is 17.9. The van der Waals surface area contributed by atoms with Gasteiger partial charge in [-0.1, -0.05) is 31.5 Å². The van der Waals surface area contributed by atoms with Crippen LogP contribution in [0.4, 0.5) is 11.4 Å². The number of hydrogen-bond acceptors (Lipinski definition) is 4. The first-order valence-corrected chi connectivity index (χ1v) is 10.1. The molecule has 2 amide bonds. The summed E-state index contributed by atoms with van der Waals surface area (Å²) in [7, 11) is 0. The first kappa shape index (κ1) is 21.6. The zero-order valence-electron chi connectivity index (χ0n) is 17.2. The summed E-state index contributed by atoms with van der Waals surface area (Å²) in [4.78, 5) is 28.5. The van der Waals surface area contributed by atoms with E-state index >= 15 is 0 Å². The van der Waals surface area contributed by atoms with E-state index in [2.05, 4.69) is 15.6 Å². The van der Waals surface area contributed by atoms with Crippen LogP contribution in [0.3, 0.4) is 0 Å². The van der Waals surface area contributed by atoms with Crippen LogP contribution < -0.4 is 10.6 Å². The number of oxazole rings is 1. The molecule has 0 radical (unpaired) electrons. The second kappa shape index (κ2) is 9.59. The Hall–Kier alpha value is -3.12. The summed E-state index contributed by atoms with van der Waals surface area (Å²) >= 11 is 5.90. The number of nitrogens with zero attached hydrogens (tertiary/aromatic N) is 1. The van der Waals surface area contributed by atoms with E-state index < -0.39 is 0 Å². The van der Waals surface area contributed by atoms with E-state index in [0.29, 0.717) is 34.5 Å². The molecule has 6 nitrogen and oxygen atoms in total. The first-order valence-electron chi connectivity index (χ1n) is 9.74. The molecule has 0 atom stereocenters. The van der Waals surface area contributed by atoms with Crippen LogP contribution in [-0.2, 0) is 16.0 Å². The number of aromatic nitrogens is 1. The third-order valence-corrected chi connectivity index (χ3v) is 4.80. The quantitative estimate of drug-likeness (QED) is 0.525. The molecule has 0 aliphatic carbocycles. The van der Waals surface area contributed by atoms with Gasteiger partial charge in [0.15, 0.2) is 11.7 Å². The molecule has 0 saturated heterocycles. The minimum atomic E-state index is -0.156. The molecular weight excluding hydrogens is 402 g/mol. The number of rotatable bonds is 7. The molecule has 1 aromatic heterocycles. The average Bonchev–Trinajstić information content (AvgIpc) is 3.18. The van der Waals surface area contributed by atoms with Crippen molar-refractivity contribution in [2.75, 3.05) is 10.6 Å². The van der Waals surface area contributed by atoms with Crippen LogP contribution in [0.5, 0.6) is 0 Å². The monoisotopic (exact) mass is 425 g/mol. The van der Waals surface area contributed by atoms with E-state index in [-0.39, 0.29) is 24.2 Å². The SMILES string of the molecule is Cc1ccc(NC(=O)C(C)C)cc1NC(=O)CCc1ncc(-c2ccc(Cl)cc2)o1. The lowest BCUT2D eigenvalue weighted by Gasteiger charge is -2.12. The fourth-order valence-corrected chi connectivity index (χ4v) is 2.85. The number of carbonyl (C=O) groups excluding carboxylic acids is 2. The molecule has 3 rings (SSSR count). The Balaban J connectivity index is 1.58. The lowest BCUT2D eigenvalue weighted by atomic mass is 10.1. The van der Waals surface area contributed by atoms with E-state index in [1.807, 2.05) is 45.0 Å². The lowest BCUT2D eigenvalue weighted by Crippen LogP contribution is -2.18. The van der Waals surface area contributed by atoms with Gasteiger partial charge in [-0.2, -0.15) is 0 Å². The van der Waals surface area contributed by atoms with Crippen LogP contribution in [0, 0.1) is 12.8 Å². The lowest BCUT2D eigenvalue weighted by molar-refractivity contribution is -0.119. The molecule has 3 aromatic rings. The number of aryl methyl sites for hydroxylation is 2. The smallest absolute Gasteiger partial charge is 0.226 e. The summed E-state index contributed by atoms with van der Waals surface area (Å²) in [6, 6.07) is 12.7. The number of carbonyl (C=O) groups is 2. The van der Waals surface area contributed by atoms with Crippen molar-refractivity contribution in [3.05, 3.63) is 65.1 Å². The third-order valence-electron chi connectivity index (χ3n) is 4.55. The Morgan fingerprint density at radius 1 is 1.10 bits per heavy atom. The Kier molecular flexibility index (Phi) is 6.90. The summed E-state index contributed by atoms with van der Waals surface area (Å²) < 4.78 is 5.74. The second-order valence-corrected chi connectivity index (χ2v) is 7.78. The number of halogens is 1. The Morgan fingerprint density at radius 2 is 1.83 bits per heavy atom. The van der Waals surface area contributed by atoms with Gasteiger partial charge < -0.3 is 15.1 Å². The van der Waals surface area contributed by atoms with E-state index in [1.54, 1.807) is 24.4 Å². The van der Waals surface area contributed by atoms with Crippen LogP contribution in [-0.4, -0.2) is 16.8 Å². The van der Waals surface area contributed by atoms with Crippen LogP contribution in [0.2, 0.25) is 5.02 Å². The number of hydrogen-bond donors (Lipinski definition) is 2. The topological polar surface area (TPSA) is 84.2 Å². The van der Waals surface area contributed by atoms with Crippen molar-refractivity contribution in [2.24, 2.45) is 5.92 Å². The summed E-state index contributed by atoms with van der Waals surface area (Å²) in [6.07, 6.45) is 2.24. The van der Waals surface area contributed by atoms with Crippen molar-refractivity contribution < 1.29 is 14.0 Å². The van der Waals surface area contributed by atoms with Crippen LogP contribution in [0.25, 0.3) is 11.3 Å². The van der Waals surface area contributed by atoms with Gasteiger partial charge in [-0.3, -0.25) is 9.59 Å². The van der Waals surface area contributed by atoms with Crippen molar-refractivity contribution in [1.29, 1.82) is 0 Å². The van der Waals surface area contributed by atoms with Gasteiger partial charge in [0.2, 0.25) is 11.8 Å². The molecule has 0 bridgehead atoms. The minimum absolute atomic E-state index is 0.0727. The van der Waals surface area contributed by atoms with Crippen molar-refractivity contribution in [3.63, 3.8) is 0 Å². The Bertz CT molecular complexity index is 1040. The summed E-state index contributed by atoms with van der Waals surface area (Å²) in [5, 5.41) is 6.38. The molecule has 1 heterocycles. The predicted octanol–water partition coefficient (Wildman–Crippen LogP) is 5.47. The van der Waals surface area contributed by atoms with Crippen LogP contribution in [0.1, 0.15) is 31.7 Å². The van der Waals surface area contributed by atoms with Crippen molar-refractivity contribution in [3.8, 4) is 11.3 Å². The maximum absolute atomic E-state index is 12.4. The number of nitrogens with one attached hydrogen (secondary N) is 2. The normalized spacial score (nSPS) is 10.8. The fourth-order valence-electron chi connectivity index (χ4n) is 2.73. The van der Waals surface area contributed by atoms with E-state index in [4.69, 9.17) is 16.0 Å². The third kappa shape index (κ3) is 5.70. The van der Waals surface area contributed by atoms with Gasteiger partial charge in [0.1, 0.15) is 0 Å². The highest BCUT2D eigenvalue weighted by Crippen LogP contribution is 2.24. The molecule has 2 N–H and O–H groups in total. The molecule has 156 valence electrons. The van der Waals surface area contributed by atoms with Gasteiger partial charge in [-0.05, 0) is 48.9 Å². The van der Waals surface area contributed by atoms with Crippen LogP contribution >= 0.6 is 11.6 Å². The van der Waals surface area contributed by atoms with Gasteiger partial charge in [0.25, 0.3) is 0 Å². The van der Waals surface area contributed by atoms with Gasteiger partial charge in [-0.15, -0.1) is 0 Å². The molecule has 7 heteroatoms. The molecular formula is C23H24ClN3O3. The Labute approximate surface area is 180 Å². The van der Waals surface area contributed by atoms with E-state index in [9.17, 15) is 9.59 Å². The summed E-state index contributed by atoms with van der Waals surface area (Å²) in [5.41, 5.74) is 3.09. The molecule has 0 aliphatic heterocycles. The fraction of sp³-hybridized carbons (Fsp3) is 0.261. The number of amides is 2. The zero-order chi connectivity index (χ0) is 21.7. The van der Waals surface area contributed by atoms with Crippen molar-refractivity contribution in [2.45, 2.75) is 33.6 Å². The first-order chi connectivity index (χ1) is 14.3. The molecule has 2 aromatic carbocycles. The highest BCUT2D eigenvalue weighted by atomic mass is 35.5. The highest BCUT2D eigenvalue weighted by molar-refractivity contribution is 6.30. The molecule has 0 spiro atoms. The van der Waals surface area contributed by atoms with Gasteiger partial charge in [-0.25, -0.2) is 4.98 Å². The van der Waals surface area contributed by atoms with Gasteiger partial charge >= 0.3 is 0 Å². The Morgan fingerprint density at radius 3 is 2.53 bits per heavy atom. The molecule has 30 heavy (non-hydrogen) atoms. The number of anilines is 2. The molecule has 0 fully saturated rings. The van der Waals surface area contributed by atoms with E-state index in [0.717, 1.165) is 11.1 Å². The van der Waals surface area contributed by atoms with Crippen molar-refractivity contribution in [1.82, 2.24) is 4.98 Å². The second-order valence-electron chi connectivity index (χ2n) is 7.35. The average molecular weight is 426 g/mol. The van der Waals surface area contributed by atoms with Gasteiger partial charge in [0.05, 0.1) is 6.20 Å². The highest BCUT2D eigenvalue weighted by Gasteiger charge is 2.12. The standard InChI is InChI=1S/C23H24ClN3O3/c1-14(2)23(29)26-18-9-4-15(3)19(12-18)27-21(28)10-11-22-25-13-20(30-22)16-5-7-17(24)8-6-16/h4-9,12-14H,10-11H2,1-3H3,(H,26,29)(H,27,28). The summed E-state index contributed by atoms with van der Waals surface area (Å²) in [6.45, 7) is 5.55. The van der Waals surface area contributed by atoms with Gasteiger partial charge in [0, 0.05) is 40.7 Å². The minimum Gasteiger partial charge on any atom is -0.441 e.